The Morgan fingerprint density at radius 1 is 1.33 bits per heavy atom. The summed E-state index contributed by atoms with van der Waals surface area (Å²) in [5.41, 5.74) is 7.58. The molecule has 1 amide bonds. The maximum absolute atomic E-state index is 11.6. The van der Waals surface area contributed by atoms with Crippen molar-refractivity contribution in [1.29, 1.82) is 0 Å². The van der Waals surface area contributed by atoms with Gasteiger partial charge in [-0.1, -0.05) is 11.6 Å². The minimum Gasteiger partial charge on any atom is -0.367 e. The summed E-state index contributed by atoms with van der Waals surface area (Å²) in [6, 6.07) is 1.80. The number of nitrogens with one attached hydrogen (secondary N) is 2. The van der Waals surface area contributed by atoms with Crippen molar-refractivity contribution in [2.45, 2.75) is 12.8 Å². The molecular formula is C18H20ClN7O. The van der Waals surface area contributed by atoms with Crippen molar-refractivity contribution in [3.63, 3.8) is 0 Å². The second kappa shape index (κ2) is 7.50. The van der Waals surface area contributed by atoms with E-state index in [-0.39, 0.29) is 5.69 Å². The second-order valence-corrected chi connectivity index (χ2v) is 7.03. The number of amides is 1. The van der Waals surface area contributed by atoms with E-state index in [0.29, 0.717) is 28.1 Å². The zero-order valence-electron chi connectivity index (χ0n) is 14.7. The summed E-state index contributed by atoms with van der Waals surface area (Å²) in [5.74, 6) is 0.588. The molecule has 0 bridgehead atoms. The fourth-order valence-electron chi connectivity index (χ4n) is 3.28. The van der Waals surface area contributed by atoms with Crippen molar-refractivity contribution in [3.05, 3.63) is 41.6 Å². The lowest BCUT2D eigenvalue weighted by Gasteiger charge is -2.23. The van der Waals surface area contributed by atoms with Crippen LogP contribution in [0, 0.1) is 5.92 Å². The fraction of sp³-hybridized carbons (Fsp3) is 0.333. The van der Waals surface area contributed by atoms with Crippen LogP contribution in [0.15, 0.2) is 30.9 Å². The Kier molecular flexibility index (Phi) is 4.91. The van der Waals surface area contributed by atoms with Crippen LogP contribution in [-0.2, 0) is 0 Å². The van der Waals surface area contributed by atoms with Gasteiger partial charge >= 0.3 is 0 Å². The highest BCUT2D eigenvalue weighted by Gasteiger charge is 2.17. The van der Waals surface area contributed by atoms with Gasteiger partial charge < -0.3 is 20.8 Å². The molecule has 4 rings (SSSR count). The molecule has 0 saturated carbocycles. The van der Waals surface area contributed by atoms with Crippen LogP contribution in [0.3, 0.4) is 0 Å². The molecule has 3 aromatic heterocycles. The van der Waals surface area contributed by atoms with Crippen molar-refractivity contribution in [1.82, 2.24) is 24.7 Å². The number of fused-ring (bicyclic) bond motifs is 1. The average Bonchev–Trinajstić information content (AvgIpc) is 3.12. The van der Waals surface area contributed by atoms with E-state index in [4.69, 9.17) is 22.3 Å². The van der Waals surface area contributed by atoms with E-state index >= 15 is 0 Å². The molecule has 0 radical (unpaired) electrons. The molecule has 0 aromatic carbocycles. The Bertz CT molecular complexity index is 981. The van der Waals surface area contributed by atoms with Gasteiger partial charge in [0.25, 0.3) is 5.91 Å². The van der Waals surface area contributed by atoms with Gasteiger partial charge in [-0.05, 0) is 37.9 Å². The van der Waals surface area contributed by atoms with Gasteiger partial charge in [0.15, 0.2) is 11.5 Å². The molecular weight excluding hydrogens is 366 g/mol. The summed E-state index contributed by atoms with van der Waals surface area (Å²) in [6.07, 6.45) is 8.85. The number of rotatable bonds is 5. The molecule has 1 aliphatic rings. The van der Waals surface area contributed by atoms with E-state index in [0.717, 1.165) is 38.0 Å². The van der Waals surface area contributed by atoms with Crippen molar-refractivity contribution >= 4 is 29.0 Å². The second-order valence-electron chi connectivity index (χ2n) is 6.63. The highest BCUT2D eigenvalue weighted by molar-refractivity contribution is 6.33. The largest absolute Gasteiger partial charge is 0.367 e. The summed E-state index contributed by atoms with van der Waals surface area (Å²) >= 11 is 6.29. The summed E-state index contributed by atoms with van der Waals surface area (Å²) in [5, 5.41) is 7.27. The number of pyridine rings is 1. The molecule has 4 heterocycles. The van der Waals surface area contributed by atoms with Crippen LogP contribution in [0.5, 0.6) is 0 Å². The molecule has 0 atom stereocenters. The quantitative estimate of drug-likeness (QED) is 0.619. The molecule has 1 aliphatic heterocycles. The molecule has 0 spiro atoms. The van der Waals surface area contributed by atoms with E-state index in [9.17, 15) is 4.79 Å². The number of nitrogens with zero attached hydrogens (tertiary/aromatic N) is 4. The van der Waals surface area contributed by atoms with E-state index in [1.54, 1.807) is 35.3 Å². The Morgan fingerprint density at radius 2 is 2.15 bits per heavy atom. The van der Waals surface area contributed by atoms with E-state index < -0.39 is 5.91 Å². The first kappa shape index (κ1) is 17.7. The Labute approximate surface area is 161 Å². The molecule has 3 aromatic rings. The molecule has 1 saturated heterocycles. The van der Waals surface area contributed by atoms with Gasteiger partial charge in [0, 0.05) is 36.9 Å². The van der Waals surface area contributed by atoms with Crippen LogP contribution in [0.4, 0.5) is 5.82 Å². The number of piperidine rings is 1. The molecule has 4 N–H and O–H groups in total. The molecule has 1 fully saturated rings. The van der Waals surface area contributed by atoms with Gasteiger partial charge in [0.1, 0.15) is 5.69 Å². The summed E-state index contributed by atoms with van der Waals surface area (Å²) < 4.78 is 1.75. The van der Waals surface area contributed by atoms with Crippen LogP contribution >= 0.6 is 11.6 Å². The molecule has 0 unspecified atom stereocenters. The first-order valence-electron chi connectivity index (χ1n) is 8.86. The number of aromatic nitrogens is 4. The highest BCUT2D eigenvalue weighted by Crippen LogP contribution is 2.28. The Hall–Kier alpha value is -2.71. The lowest BCUT2D eigenvalue weighted by molar-refractivity contribution is 0.0996. The first-order chi connectivity index (χ1) is 13.1. The van der Waals surface area contributed by atoms with Crippen molar-refractivity contribution in [2.24, 2.45) is 11.7 Å². The van der Waals surface area contributed by atoms with Gasteiger partial charge in [-0.3, -0.25) is 9.78 Å². The molecule has 9 heteroatoms. The fourth-order valence-corrected chi connectivity index (χ4v) is 3.49. The SMILES string of the molecule is NC(=O)c1cn2cc(-c3ccncc3Cl)nc(NCC3CCNCC3)c2n1. The van der Waals surface area contributed by atoms with Crippen molar-refractivity contribution in [3.8, 4) is 11.3 Å². The number of anilines is 1. The van der Waals surface area contributed by atoms with E-state index in [2.05, 4.69) is 20.6 Å². The van der Waals surface area contributed by atoms with Crippen LogP contribution < -0.4 is 16.4 Å². The maximum atomic E-state index is 11.6. The van der Waals surface area contributed by atoms with Crippen LogP contribution in [0.1, 0.15) is 23.3 Å². The van der Waals surface area contributed by atoms with E-state index in [1.165, 1.54) is 0 Å². The lowest BCUT2D eigenvalue weighted by atomic mass is 9.98. The third kappa shape index (κ3) is 3.72. The Balaban J connectivity index is 1.74. The van der Waals surface area contributed by atoms with Crippen molar-refractivity contribution < 1.29 is 4.79 Å². The van der Waals surface area contributed by atoms with Crippen molar-refractivity contribution in [2.75, 3.05) is 25.0 Å². The number of imidazole rings is 1. The van der Waals surface area contributed by atoms with Gasteiger partial charge in [-0.25, -0.2) is 9.97 Å². The summed E-state index contributed by atoms with van der Waals surface area (Å²) in [4.78, 5) is 24.6. The monoisotopic (exact) mass is 385 g/mol. The summed E-state index contributed by atoms with van der Waals surface area (Å²) in [6.45, 7) is 2.84. The molecule has 140 valence electrons. The maximum Gasteiger partial charge on any atom is 0.268 e. The number of carbonyl (C=O) groups is 1. The lowest BCUT2D eigenvalue weighted by Crippen LogP contribution is -2.31. The number of carbonyl (C=O) groups excluding carboxylic acids is 1. The average molecular weight is 386 g/mol. The van der Waals surface area contributed by atoms with Gasteiger partial charge in [-0.2, -0.15) is 0 Å². The van der Waals surface area contributed by atoms with Gasteiger partial charge in [0.05, 0.1) is 10.7 Å². The zero-order chi connectivity index (χ0) is 18.8. The summed E-state index contributed by atoms with van der Waals surface area (Å²) in [7, 11) is 0. The molecule has 0 aliphatic carbocycles. The highest BCUT2D eigenvalue weighted by atomic mass is 35.5. The minimum absolute atomic E-state index is 0.194. The minimum atomic E-state index is -0.577. The first-order valence-corrected chi connectivity index (χ1v) is 9.23. The third-order valence-electron chi connectivity index (χ3n) is 4.76. The predicted octanol–water partition coefficient (Wildman–Crippen LogP) is 1.96. The van der Waals surface area contributed by atoms with Gasteiger partial charge in [-0.15, -0.1) is 0 Å². The van der Waals surface area contributed by atoms with Crippen LogP contribution in [0.2, 0.25) is 5.02 Å². The van der Waals surface area contributed by atoms with Crippen LogP contribution in [-0.4, -0.2) is 44.9 Å². The molecule has 8 nitrogen and oxygen atoms in total. The molecule has 27 heavy (non-hydrogen) atoms. The van der Waals surface area contributed by atoms with Gasteiger partial charge in [0.2, 0.25) is 0 Å². The standard InChI is InChI=1S/C18H20ClN7O/c19-13-8-22-6-3-12(13)14-9-26-10-15(16(20)27)25-18(26)17(24-14)23-7-11-1-4-21-5-2-11/h3,6,8-11,21H,1-2,4-5,7H2,(H2,20,27)(H,23,24). The number of hydrogen-bond donors (Lipinski definition) is 3. The number of primary amides is 1. The third-order valence-corrected chi connectivity index (χ3v) is 5.06. The van der Waals surface area contributed by atoms with Crippen LogP contribution in [0.25, 0.3) is 16.9 Å². The smallest absolute Gasteiger partial charge is 0.268 e. The van der Waals surface area contributed by atoms with E-state index in [1.807, 2.05) is 0 Å². The Morgan fingerprint density at radius 3 is 2.89 bits per heavy atom. The number of hydrogen-bond acceptors (Lipinski definition) is 6. The number of halogens is 1. The topological polar surface area (TPSA) is 110 Å². The number of nitrogens with two attached hydrogens (primary N) is 1. The predicted molar refractivity (Wildman–Crippen MR) is 104 cm³/mol. The normalized spacial score (nSPS) is 15.1. The zero-order valence-corrected chi connectivity index (χ0v) is 15.4.